The zero-order valence-corrected chi connectivity index (χ0v) is 23.1. The minimum absolute atomic E-state index is 0.180. The van der Waals surface area contributed by atoms with Gasteiger partial charge in [0.15, 0.2) is 12.2 Å². The zero-order valence-electron chi connectivity index (χ0n) is 23.1. The number of carbonyl (C=O) groups excluding carboxylic acids is 1. The van der Waals surface area contributed by atoms with Crippen LogP contribution >= 0.6 is 0 Å². The number of rotatable bonds is 10. The van der Waals surface area contributed by atoms with Crippen LogP contribution in [0.1, 0.15) is 73.0 Å². The predicted molar refractivity (Wildman–Crippen MR) is 149 cm³/mol. The van der Waals surface area contributed by atoms with E-state index in [0.29, 0.717) is 30.5 Å². The van der Waals surface area contributed by atoms with Gasteiger partial charge in [-0.2, -0.15) is 0 Å². The number of fused-ring (bicyclic) bond motifs is 1. The summed E-state index contributed by atoms with van der Waals surface area (Å²) in [5, 5.41) is 17.1. The molecule has 1 atom stereocenters. The van der Waals surface area contributed by atoms with Crippen molar-refractivity contribution in [2.45, 2.75) is 77.2 Å². The number of anilines is 1. The molecule has 0 radical (unpaired) electrons. The Balaban J connectivity index is 1.13. The van der Waals surface area contributed by atoms with Crippen LogP contribution in [0.5, 0.6) is 5.75 Å². The first-order valence-corrected chi connectivity index (χ1v) is 13.8. The van der Waals surface area contributed by atoms with E-state index in [1.165, 1.54) is 23.9 Å². The lowest BCUT2D eigenvalue weighted by Gasteiger charge is -2.30. The Kier molecular flexibility index (Phi) is 8.18. The van der Waals surface area contributed by atoms with Crippen molar-refractivity contribution < 1.29 is 19.1 Å². The summed E-state index contributed by atoms with van der Waals surface area (Å²) in [6.45, 7) is 8.89. The van der Waals surface area contributed by atoms with Crippen LogP contribution in [0.25, 0.3) is 0 Å². The summed E-state index contributed by atoms with van der Waals surface area (Å²) in [6, 6.07) is 10.2. The summed E-state index contributed by atoms with van der Waals surface area (Å²) in [6.07, 6.45) is 6.74. The summed E-state index contributed by atoms with van der Waals surface area (Å²) in [7, 11) is 0. The number of nitrogens with zero attached hydrogens (tertiary/aromatic N) is 3. The third kappa shape index (κ3) is 7.16. The van der Waals surface area contributed by atoms with Crippen molar-refractivity contribution >= 4 is 11.7 Å². The molecule has 0 spiro atoms. The molecule has 2 aliphatic rings. The molecule has 0 saturated heterocycles. The van der Waals surface area contributed by atoms with Crippen molar-refractivity contribution in [1.29, 1.82) is 0 Å². The Morgan fingerprint density at radius 2 is 2.08 bits per heavy atom. The highest BCUT2D eigenvalue weighted by atomic mass is 16.5. The van der Waals surface area contributed by atoms with E-state index in [1.54, 1.807) is 6.20 Å². The van der Waals surface area contributed by atoms with Gasteiger partial charge >= 0.3 is 0 Å². The lowest BCUT2D eigenvalue weighted by Crippen LogP contribution is -2.42. The minimum atomic E-state index is -0.670. The fourth-order valence-electron chi connectivity index (χ4n) is 4.86. The summed E-state index contributed by atoms with van der Waals surface area (Å²) >= 11 is 0. The summed E-state index contributed by atoms with van der Waals surface area (Å²) in [5.41, 5.74) is 3.73. The molecule has 3 aromatic rings. The van der Waals surface area contributed by atoms with E-state index in [1.807, 2.05) is 18.2 Å². The Bertz CT molecular complexity index is 1270. The monoisotopic (exact) mass is 533 g/mol. The van der Waals surface area contributed by atoms with Crippen LogP contribution in [-0.4, -0.2) is 57.7 Å². The maximum atomic E-state index is 13.1. The van der Waals surface area contributed by atoms with Crippen LogP contribution in [0.15, 0.2) is 47.3 Å². The van der Waals surface area contributed by atoms with Crippen LogP contribution in [0.3, 0.4) is 0 Å². The van der Waals surface area contributed by atoms with Crippen LogP contribution in [0.4, 0.5) is 5.82 Å². The average molecular weight is 534 g/mol. The quantitative estimate of drug-likeness (QED) is 0.358. The van der Waals surface area contributed by atoms with Crippen LogP contribution in [0.2, 0.25) is 0 Å². The maximum Gasteiger partial charge on any atom is 0.251 e. The Morgan fingerprint density at radius 1 is 1.23 bits per heavy atom. The van der Waals surface area contributed by atoms with E-state index in [-0.39, 0.29) is 17.9 Å². The largest absolute Gasteiger partial charge is 0.486 e. The molecule has 1 fully saturated rings. The second-order valence-corrected chi connectivity index (χ2v) is 11.7. The van der Waals surface area contributed by atoms with E-state index in [4.69, 9.17) is 14.1 Å². The fourth-order valence-corrected chi connectivity index (χ4v) is 4.86. The highest BCUT2D eigenvalue weighted by Crippen LogP contribution is 2.27. The van der Waals surface area contributed by atoms with Crippen molar-refractivity contribution in [2.75, 3.05) is 25.0 Å². The number of aromatic nitrogens is 2. The van der Waals surface area contributed by atoms with Gasteiger partial charge in [0, 0.05) is 48.9 Å². The molecule has 0 bridgehead atoms. The molecule has 5 rings (SSSR count). The van der Waals surface area contributed by atoms with Gasteiger partial charge in [0.2, 0.25) is 0 Å². The normalized spacial score (nSPS) is 16.7. The number of pyridine rings is 1. The second-order valence-electron chi connectivity index (χ2n) is 11.7. The van der Waals surface area contributed by atoms with Gasteiger partial charge in [-0.15, -0.1) is 0 Å². The van der Waals surface area contributed by atoms with Crippen molar-refractivity contribution in [1.82, 2.24) is 20.2 Å². The van der Waals surface area contributed by atoms with Gasteiger partial charge in [0.1, 0.15) is 18.2 Å². The molecular formula is C30H39N5O4. The first-order chi connectivity index (χ1) is 18.7. The summed E-state index contributed by atoms with van der Waals surface area (Å²) in [4.78, 5) is 23.9. The number of hydrogen-bond acceptors (Lipinski definition) is 8. The van der Waals surface area contributed by atoms with Gasteiger partial charge in [-0.3, -0.25) is 9.69 Å². The number of oxazole rings is 1. The van der Waals surface area contributed by atoms with Gasteiger partial charge in [0.25, 0.3) is 5.91 Å². The molecule has 1 aliphatic carbocycles. The van der Waals surface area contributed by atoms with Gasteiger partial charge in [-0.25, -0.2) is 9.97 Å². The van der Waals surface area contributed by atoms with Gasteiger partial charge < -0.3 is 24.9 Å². The maximum absolute atomic E-state index is 13.1. The van der Waals surface area contributed by atoms with E-state index in [0.717, 1.165) is 49.6 Å². The number of β-amino-alcohol motifs (C(OH)–C–C–N with tert-alkyl or cyclic N) is 1. The van der Waals surface area contributed by atoms with E-state index >= 15 is 0 Å². The predicted octanol–water partition coefficient (Wildman–Crippen LogP) is 4.06. The number of carbonyl (C=O) groups is 1. The molecule has 1 amide bonds. The number of ether oxygens (including phenoxy) is 1. The highest BCUT2D eigenvalue weighted by Gasteiger charge is 2.23. The lowest BCUT2D eigenvalue weighted by molar-refractivity contribution is 0.0841. The molecule has 9 nitrogen and oxygen atoms in total. The average Bonchev–Trinajstić information content (AvgIpc) is 3.41. The van der Waals surface area contributed by atoms with Crippen molar-refractivity contribution in [2.24, 2.45) is 0 Å². The molecule has 2 aromatic heterocycles. The number of aliphatic hydroxyl groups excluding tert-OH is 1. The first-order valence-electron chi connectivity index (χ1n) is 13.8. The number of amides is 1. The highest BCUT2D eigenvalue weighted by molar-refractivity contribution is 5.95. The van der Waals surface area contributed by atoms with E-state index in [9.17, 15) is 9.90 Å². The Morgan fingerprint density at radius 3 is 2.79 bits per heavy atom. The van der Waals surface area contributed by atoms with Crippen molar-refractivity contribution in [3.8, 4) is 5.75 Å². The molecule has 39 heavy (non-hydrogen) atoms. The smallest absolute Gasteiger partial charge is 0.251 e. The number of hydrogen-bond donors (Lipinski definition) is 3. The fraction of sp³-hybridized carbons (Fsp3) is 0.500. The van der Waals surface area contributed by atoms with Gasteiger partial charge in [-0.1, -0.05) is 26.8 Å². The SMILES string of the molecule is CC(C)(C)c1cc(C(=O)NC[C@H](O)CN2CCc3cc(OCc4cnco4)ccc3C2)cc(NC2CCC2)n1. The third-order valence-corrected chi connectivity index (χ3v) is 7.41. The molecule has 1 aliphatic heterocycles. The Labute approximate surface area is 230 Å². The number of aliphatic hydroxyl groups is 1. The first kappa shape index (κ1) is 27.1. The van der Waals surface area contributed by atoms with Crippen LogP contribution < -0.4 is 15.4 Å². The molecule has 208 valence electrons. The second kappa shape index (κ2) is 11.8. The van der Waals surface area contributed by atoms with Gasteiger partial charge in [0.05, 0.1) is 12.3 Å². The molecule has 3 heterocycles. The Hall–Kier alpha value is -3.43. The van der Waals surface area contributed by atoms with Crippen LogP contribution in [0, 0.1) is 0 Å². The molecule has 1 aromatic carbocycles. The van der Waals surface area contributed by atoms with E-state index < -0.39 is 6.10 Å². The number of benzene rings is 1. The molecule has 9 heteroatoms. The number of nitrogens with one attached hydrogen (secondary N) is 2. The molecule has 1 saturated carbocycles. The molecule has 0 unspecified atom stereocenters. The standard InChI is InChI=1S/C30H39N5O4/c1-30(2,3)27-12-22(13-28(34-27)33-23-5-4-6-23)29(37)32-14-24(36)17-35-10-9-20-11-25(8-7-21(20)16-35)38-18-26-15-31-19-39-26/h7-8,11-13,15,19,23-24,36H,4-6,9-10,14,16-18H2,1-3H3,(H,32,37)(H,33,34)/t24-/m0/s1. The lowest BCUT2D eigenvalue weighted by atomic mass is 9.90. The van der Waals surface area contributed by atoms with Crippen molar-refractivity contribution in [3.05, 3.63) is 71.1 Å². The van der Waals surface area contributed by atoms with Crippen molar-refractivity contribution in [3.63, 3.8) is 0 Å². The minimum Gasteiger partial charge on any atom is -0.486 e. The molecule has 3 N–H and O–H groups in total. The molecular weight excluding hydrogens is 494 g/mol. The van der Waals surface area contributed by atoms with Gasteiger partial charge in [-0.05, 0) is 61.1 Å². The summed E-state index contributed by atoms with van der Waals surface area (Å²) < 4.78 is 11.0. The third-order valence-electron chi connectivity index (χ3n) is 7.41. The van der Waals surface area contributed by atoms with Crippen LogP contribution in [-0.2, 0) is 25.0 Å². The zero-order chi connectivity index (χ0) is 27.4. The summed E-state index contributed by atoms with van der Waals surface area (Å²) in [5.74, 6) is 2.04. The van der Waals surface area contributed by atoms with E-state index in [2.05, 4.69) is 53.4 Å². The topological polar surface area (TPSA) is 113 Å².